The topological polar surface area (TPSA) is 139 Å². The number of methoxy groups -OCH3 is 1. The van der Waals surface area contributed by atoms with E-state index in [1.165, 1.54) is 6.26 Å². The molecule has 2 heterocycles. The first kappa shape index (κ1) is 32.6. The van der Waals surface area contributed by atoms with E-state index in [0.29, 0.717) is 23.3 Å². The maximum atomic E-state index is 14.2. The molecule has 1 aliphatic carbocycles. The number of likely N-dealkylation sites (tertiary alicyclic amines) is 1. The van der Waals surface area contributed by atoms with Crippen molar-refractivity contribution in [2.75, 3.05) is 40.8 Å². The lowest BCUT2D eigenvalue weighted by atomic mass is 9.98. The lowest BCUT2D eigenvalue weighted by molar-refractivity contribution is -0.132. The molecule has 2 atom stereocenters. The van der Waals surface area contributed by atoms with E-state index in [0.717, 1.165) is 50.0 Å². The van der Waals surface area contributed by atoms with Gasteiger partial charge in [0.1, 0.15) is 12.0 Å². The second-order valence-corrected chi connectivity index (χ2v) is 14.3. The van der Waals surface area contributed by atoms with Crippen LogP contribution in [0.1, 0.15) is 63.8 Å². The Hall–Kier alpha value is -3.74. The number of oxazole rings is 1. The Morgan fingerprint density at radius 3 is 2.29 bits per heavy atom. The zero-order valence-electron chi connectivity index (χ0n) is 26.7. The SMILES string of the molecule is COc1cc(C)c(S(=O)(=O)N(CC(Cc2ccc(CN3CCC(C(=O)N(C)C)C3)cc2)c2nc(C(N)=O)co2)C2CC2)c(C)c1. The van der Waals surface area contributed by atoms with Crippen LogP contribution in [0.5, 0.6) is 5.75 Å². The van der Waals surface area contributed by atoms with Crippen LogP contribution in [0, 0.1) is 19.8 Å². The molecule has 3 aromatic rings. The summed E-state index contributed by atoms with van der Waals surface area (Å²) in [7, 11) is 1.27. The fourth-order valence-electron chi connectivity index (χ4n) is 6.26. The molecule has 1 aromatic heterocycles. The zero-order valence-corrected chi connectivity index (χ0v) is 27.5. The molecule has 11 nitrogen and oxygen atoms in total. The van der Waals surface area contributed by atoms with Crippen molar-refractivity contribution in [2.24, 2.45) is 11.7 Å². The van der Waals surface area contributed by atoms with Crippen LogP contribution >= 0.6 is 0 Å². The van der Waals surface area contributed by atoms with Crippen LogP contribution in [0.4, 0.5) is 0 Å². The molecule has 2 amide bonds. The Labute approximate surface area is 265 Å². The molecule has 2 aromatic carbocycles. The van der Waals surface area contributed by atoms with Gasteiger partial charge in [0.25, 0.3) is 5.91 Å². The van der Waals surface area contributed by atoms with E-state index in [-0.39, 0.29) is 40.9 Å². The monoisotopic (exact) mass is 637 g/mol. The minimum absolute atomic E-state index is 0.00434. The number of aryl methyl sites for hydroxylation is 2. The molecule has 242 valence electrons. The molecular weight excluding hydrogens is 594 g/mol. The van der Waals surface area contributed by atoms with E-state index in [9.17, 15) is 18.0 Å². The molecule has 45 heavy (non-hydrogen) atoms. The Morgan fingerprint density at radius 2 is 1.73 bits per heavy atom. The summed E-state index contributed by atoms with van der Waals surface area (Å²) in [6.45, 7) is 6.06. The number of hydrogen-bond donors (Lipinski definition) is 1. The molecule has 5 rings (SSSR count). The smallest absolute Gasteiger partial charge is 0.270 e. The van der Waals surface area contributed by atoms with Crippen molar-refractivity contribution in [3.63, 3.8) is 0 Å². The first-order valence-corrected chi connectivity index (χ1v) is 16.7. The summed E-state index contributed by atoms with van der Waals surface area (Å²) >= 11 is 0. The molecule has 2 unspecified atom stereocenters. The summed E-state index contributed by atoms with van der Waals surface area (Å²) < 4.78 is 41.1. The predicted octanol–water partition coefficient (Wildman–Crippen LogP) is 3.49. The van der Waals surface area contributed by atoms with Crippen molar-refractivity contribution in [3.05, 3.63) is 76.5 Å². The number of benzene rings is 2. The Bertz CT molecular complexity index is 1620. The molecule has 0 radical (unpaired) electrons. The van der Waals surface area contributed by atoms with Crippen molar-refractivity contribution in [1.82, 2.24) is 19.1 Å². The lowest BCUT2D eigenvalue weighted by Gasteiger charge is -2.27. The summed E-state index contributed by atoms with van der Waals surface area (Å²) in [6.07, 6.45) is 4.07. The summed E-state index contributed by atoms with van der Waals surface area (Å²) in [6, 6.07) is 11.5. The Kier molecular flexibility index (Phi) is 9.66. The molecule has 1 aliphatic heterocycles. The van der Waals surface area contributed by atoms with Crippen molar-refractivity contribution >= 4 is 21.8 Å². The fraction of sp³-hybridized carbons (Fsp3) is 0.485. The van der Waals surface area contributed by atoms with Crippen molar-refractivity contribution in [1.29, 1.82) is 0 Å². The van der Waals surface area contributed by atoms with Gasteiger partial charge in [-0.15, -0.1) is 0 Å². The molecule has 1 saturated heterocycles. The van der Waals surface area contributed by atoms with E-state index in [4.69, 9.17) is 14.9 Å². The number of carbonyl (C=O) groups excluding carboxylic acids is 2. The molecule has 2 N–H and O–H groups in total. The second-order valence-electron chi connectivity index (χ2n) is 12.5. The maximum absolute atomic E-state index is 14.2. The zero-order chi connectivity index (χ0) is 32.5. The van der Waals surface area contributed by atoms with Crippen molar-refractivity contribution in [3.8, 4) is 5.75 Å². The second kappa shape index (κ2) is 13.3. The van der Waals surface area contributed by atoms with Crippen LogP contribution < -0.4 is 10.5 Å². The lowest BCUT2D eigenvalue weighted by Crippen LogP contribution is -2.38. The first-order chi connectivity index (χ1) is 21.4. The van der Waals surface area contributed by atoms with Gasteiger partial charge in [-0.25, -0.2) is 13.4 Å². The van der Waals surface area contributed by atoms with E-state index in [1.54, 1.807) is 56.4 Å². The van der Waals surface area contributed by atoms with Gasteiger partial charge in [0.05, 0.1) is 23.8 Å². The summed E-state index contributed by atoms with van der Waals surface area (Å²) in [5.74, 6) is -0.0961. The summed E-state index contributed by atoms with van der Waals surface area (Å²) in [5.41, 5.74) is 8.82. The number of nitrogens with zero attached hydrogens (tertiary/aromatic N) is 4. The average Bonchev–Trinajstić information content (AvgIpc) is 3.49. The molecular formula is C33H43N5O6S. The van der Waals surface area contributed by atoms with Gasteiger partial charge in [0, 0.05) is 39.8 Å². The Balaban J connectivity index is 1.37. The standard InChI is InChI=1S/C33H43N5O6S/c1-21-14-28(43-5)15-22(2)30(21)45(41,42)38(27-10-11-27)19-26(32-35-29(20-44-32)31(34)39)16-23-6-8-24(9-7-23)17-37-13-12-25(18-37)33(40)36(3)4/h6-9,14-15,20,25-27H,10-13,16-19H2,1-5H3,(H2,34,39). The molecule has 1 saturated carbocycles. The van der Waals surface area contributed by atoms with Crippen LogP contribution in [-0.4, -0.2) is 86.2 Å². The largest absolute Gasteiger partial charge is 0.497 e. The number of primary amides is 1. The highest BCUT2D eigenvalue weighted by molar-refractivity contribution is 7.89. The van der Waals surface area contributed by atoms with E-state index in [1.807, 2.05) is 12.1 Å². The van der Waals surface area contributed by atoms with E-state index < -0.39 is 21.8 Å². The Morgan fingerprint density at radius 1 is 1.09 bits per heavy atom. The number of aromatic nitrogens is 1. The van der Waals surface area contributed by atoms with Gasteiger partial charge in [-0.3, -0.25) is 14.5 Å². The number of carbonyl (C=O) groups is 2. The van der Waals surface area contributed by atoms with Crippen LogP contribution in [0.15, 0.2) is 52.0 Å². The number of nitrogens with two attached hydrogens (primary N) is 1. The van der Waals surface area contributed by atoms with Crippen LogP contribution in [0.25, 0.3) is 0 Å². The molecule has 0 bridgehead atoms. The molecule has 2 fully saturated rings. The van der Waals surface area contributed by atoms with E-state index >= 15 is 0 Å². The molecule has 2 aliphatic rings. The summed E-state index contributed by atoms with van der Waals surface area (Å²) in [5, 5.41) is 0. The van der Waals surface area contributed by atoms with Gasteiger partial charge in [-0.1, -0.05) is 24.3 Å². The first-order valence-electron chi connectivity index (χ1n) is 15.3. The third kappa shape index (κ3) is 7.40. The van der Waals surface area contributed by atoms with Gasteiger partial charge in [0.15, 0.2) is 11.6 Å². The third-order valence-corrected chi connectivity index (χ3v) is 10.9. The number of hydrogen-bond acceptors (Lipinski definition) is 8. The maximum Gasteiger partial charge on any atom is 0.270 e. The van der Waals surface area contributed by atoms with Gasteiger partial charge in [-0.2, -0.15) is 4.31 Å². The minimum Gasteiger partial charge on any atom is -0.497 e. The number of ether oxygens (including phenoxy) is 1. The number of rotatable bonds is 13. The van der Waals surface area contributed by atoms with Crippen molar-refractivity contribution in [2.45, 2.75) is 62.9 Å². The van der Waals surface area contributed by atoms with Gasteiger partial charge in [-0.05, 0) is 80.5 Å². The average molecular weight is 638 g/mol. The van der Waals surface area contributed by atoms with Gasteiger partial charge in [0.2, 0.25) is 15.9 Å². The van der Waals surface area contributed by atoms with Crippen LogP contribution in [0.2, 0.25) is 0 Å². The van der Waals surface area contributed by atoms with Crippen LogP contribution in [0.3, 0.4) is 0 Å². The normalized spacial score (nSPS) is 17.9. The fourth-order valence-corrected chi connectivity index (χ4v) is 8.41. The molecule has 12 heteroatoms. The highest BCUT2D eigenvalue weighted by Gasteiger charge is 2.41. The third-order valence-electron chi connectivity index (χ3n) is 8.69. The number of sulfonamides is 1. The summed E-state index contributed by atoms with van der Waals surface area (Å²) in [4.78, 5) is 32.8. The highest BCUT2D eigenvalue weighted by atomic mass is 32.2. The van der Waals surface area contributed by atoms with Gasteiger partial charge < -0.3 is 19.8 Å². The van der Waals surface area contributed by atoms with Crippen molar-refractivity contribution < 1.29 is 27.2 Å². The number of amides is 2. The highest BCUT2D eigenvalue weighted by Crippen LogP contribution is 2.38. The quantitative estimate of drug-likeness (QED) is 0.301. The molecule has 0 spiro atoms. The predicted molar refractivity (Wildman–Crippen MR) is 169 cm³/mol. The van der Waals surface area contributed by atoms with E-state index in [2.05, 4.69) is 22.0 Å². The minimum atomic E-state index is -3.88. The van der Waals surface area contributed by atoms with Crippen LogP contribution in [-0.2, 0) is 27.8 Å². The van der Waals surface area contributed by atoms with Gasteiger partial charge >= 0.3 is 0 Å².